The number of nitriles is 1. The van der Waals surface area contributed by atoms with Crippen molar-refractivity contribution in [2.24, 2.45) is 5.84 Å². The lowest BCUT2D eigenvalue weighted by Crippen LogP contribution is -2.11. The highest BCUT2D eigenvalue weighted by molar-refractivity contribution is 5.60. The monoisotopic (exact) mass is 240 g/mol. The lowest BCUT2D eigenvalue weighted by molar-refractivity contribution is 1.09. The second-order valence-electron chi connectivity index (χ2n) is 3.68. The van der Waals surface area contributed by atoms with E-state index < -0.39 is 0 Å². The molecule has 6 nitrogen and oxygen atoms in total. The van der Waals surface area contributed by atoms with Crippen molar-refractivity contribution in [3.8, 4) is 6.07 Å². The minimum absolute atomic E-state index is 0.344. The molecule has 1 aromatic heterocycles. The van der Waals surface area contributed by atoms with E-state index in [9.17, 15) is 0 Å². The van der Waals surface area contributed by atoms with Crippen LogP contribution in [0.2, 0.25) is 0 Å². The van der Waals surface area contributed by atoms with Crippen molar-refractivity contribution < 1.29 is 0 Å². The Kier molecular flexibility index (Phi) is 3.36. The van der Waals surface area contributed by atoms with Crippen LogP contribution >= 0.6 is 0 Å². The van der Waals surface area contributed by atoms with Gasteiger partial charge in [-0.1, -0.05) is 0 Å². The predicted molar refractivity (Wildman–Crippen MR) is 69.0 cm³/mol. The Morgan fingerprint density at radius 3 is 2.61 bits per heavy atom. The Morgan fingerprint density at radius 1 is 1.28 bits per heavy atom. The maximum atomic E-state index is 8.72. The van der Waals surface area contributed by atoms with Crippen LogP contribution in [0.3, 0.4) is 0 Å². The van der Waals surface area contributed by atoms with Gasteiger partial charge in [-0.05, 0) is 31.2 Å². The Balaban J connectivity index is 2.25. The number of aromatic nitrogens is 2. The SMILES string of the molecule is Cc1cnc(NN)nc1Nc1ccc(C#N)cc1. The first-order valence-corrected chi connectivity index (χ1v) is 5.30. The summed E-state index contributed by atoms with van der Waals surface area (Å²) < 4.78 is 0. The Hall–Kier alpha value is -2.65. The van der Waals surface area contributed by atoms with Crippen LogP contribution in [0.5, 0.6) is 0 Å². The molecule has 0 radical (unpaired) electrons. The fraction of sp³-hybridized carbons (Fsp3) is 0.0833. The largest absolute Gasteiger partial charge is 0.340 e. The van der Waals surface area contributed by atoms with Crippen LogP contribution in [-0.2, 0) is 0 Å². The van der Waals surface area contributed by atoms with Crippen LogP contribution in [0.25, 0.3) is 0 Å². The minimum Gasteiger partial charge on any atom is -0.340 e. The molecule has 1 heterocycles. The van der Waals surface area contributed by atoms with Crippen LogP contribution in [-0.4, -0.2) is 9.97 Å². The van der Waals surface area contributed by atoms with Crippen molar-refractivity contribution in [1.82, 2.24) is 9.97 Å². The first kappa shape index (κ1) is 11.8. The standard InChI is InChI=1S/C12H12N6/c1-8-7-15-12(18-14)17-11(8)16-10-4-2-9(6-13)3-5-10/h2-5,7H,14H2,1H3,(H2,15,16,17,18). The lowest BCUT2D eigenvalue weighted by atomic mass is 10.2. The molecular formula is C12H12N6. The number of hydrogen-bond acceptors (Lipinski definition) is 6. The fourth-order valence-electron chi connectivity index (χ4n) is 1.40. The zero-order valence-corrected chi connectivity index (χ0v) is 9.81. The summed E-state index contributed by atoms with van der Waals surface area (Å²) in [5.74, 6) is 6.27. The molecule has 4 N–H and O–H groups in total. The number of rotatable bonds is 3. The quantitative estimate of drug-likeness (QED) is 0.557. The maximum absolute atomic E-state index is 8.72. The highest BCUT2D eigenvalue weighted by atomic mass is 15.3. The molecule has 0 bridgehead atoms. The molecule has 0 atom stereocenters. The van der Waals surface area contributed by atoms with Gasteiger partial charge in [0.25, 0.3) is 0 Å². The molecular weight excluding hydrogens is 228 g/mol. The molecule has 0 aliphatic carbocycles. The van der Waals surface area contributed by atoms with E-state index in [1.54, 1.807) is 18.3 Å². The summed E-state index contributed by atoms with van der Waals surface area (Å²) in [5, 5.41) is 11.9. The predicted octanol–water partition coefficient (Wildman–Crippen LogP) is 1.69. The third-order valence-corrected chi connectivity index (χ3v) is 2.38. The van der Waals surface area contributed by atoms with E-state index >= 15 is 0 Å². The summed E-state index contributed by atoms with van der Waals surface area (Å²) in [7, 11) is 0. The van der Waals surface area contributed by atoms with Crippen molar-refractivity contribution >= 4 is 17.5 Å². The molecule has 0 amide bonds. The first-order chi connectivity index (χ1) is 8.72. The summed E-state index contributed by atoms with van der Waals surface area (Å²) in [5.41, 5.74) is 4.76. The van der Waals surface area contributed by atoms with E-state index in [0.717, 1.165) is 11.3 Å². The van der Waals surface area contributed by atoms with E-state index in [-0.39, 0.29) is 0 Å². The number of nitrogens with one attached hydrogen (secondary N) is 2. The summed E-state index contributed by atoms with van der Waals surface area (Å²) in [6.45, 7) is 1.90. The summed E-state index contributed by atoms with van der Waals surface area (Å²) in [4.78, 5) is 8.20. The molecule has 1 aromatic carbocycles. The zero-order chi connectivity index (χ0) is 13.0. The summed E-state index contributed by atoms with van der Waals surface area (Å²) in [6, 6.07) is 9.17. The topological polar surface area (TPSA) is 99.7 Å². The lowest BCUT2D eigenvalue weighted by Gasteiger charge is -2.09. The Labute approximate surface area is 104 Å². The summed E-state index contributed by atoms with van der Waals surface area (Å²) in [6.07, 6.45) is 1.67. The number of hydrogen-bond donors (Lipinski definition) is 3. The Bertz CT molecular complexity index is 585. The molecule has 0 unspecified atom stereocenters. The smallest absolute Gasteiger partial charge is 0.239 e. The normalized spacial score (nSPS) is 9.61. The van der Waals surface area contributed by atoms with Crippen LogP contribution < -0.4 is 16.6 Å². The van der Waals surface area contributed by atoms with Gasteiger partial charge in [0.1, 0.15) is 5.82 Å². The minimum atomic E-state index is 0.344. The van der Waals surface area contributed by atoms with E-state index in [1.165, 1.54) is 0 Å². The average Bonchev–Trinajstić information content (AvgIpc) is 2.42. The van der Waals surface area contributed by atoms with Crippen molar-refractivity contribution in [2.75, 3.05) is 10.7 Å². The van der Waals surface area contributed by atoms with Gasteiger partial charge >= 0.3 is 0 Å². The zero-order valence-electron chi connectivity index (χ0n) is 9.81. The van der Waals surface area contributed by atoms with Crippen LogP contribution in [0.15, 0.2) is 30.5 Å². The second kappa shape index (κ2) is 5.12. The highest BCUT2D eigenvalue weighted by Gasteiger charge is 2.03. The van der Waals surface area contributed by atoms with Gasteiger partial charge < -0.3 is 5.32 Å². The number of nitrogens with two attached hydrogens (primary N) is 1. The molecule has 90 valence electrons. The van der Waals surface area contributed by atoms with Gasteiger partial charge in [-0.2, -0.15) is 10.2 Å². The molecule has 2 rings (SSSR count). The molecule has 0 aliphatic rings. The maximum Gasteiger partial charge on any atom is 0.239 e. The van der Waals surface area contributed by atoms with Gasteiger partial charge in [0.2, 0.25) is 5.95 Å². The highest BCUT2D eigenvalue weighted by Crippen LogP contribution is 2.19. The van der Waals surface area contributed by atoms with Crippen molar-refractivity contribution in [1.29, 1.82) is 5.26 Å². The molecule has 18 heavy (non-hydrogen) atoms. The summed E-state index contributed by atoms with van der Waals surface area (Å²) >= 11 is 0. The van der Waals surface area contributed by atoms with E-state index in [1.807, 2.05) is 19.1 Å². The van der Waals surface area contributed by atoms with E-state index in [2.05, 4.69) is 26.8 Å². The molecule has 0 spiro atoms. The van der Waals surface area contributed by atoms with Gasteiger partial charge in [-0.15, -0.1) is 0 Å². The third-order valence-electron chi connectivity index (χ3n) is 2.38. The van der Waals surface area contributed by atoms with Gasteiger partial charge in [-0.3, -0.25) is 5.43 Å². The molecule has 0 aliphatic heterocycles. The third kappa shape index (κ3) is 2.53. The van der Waals surface area contributed by atoms with Crippen LogP contribution in [0.4, 0.5) is 17.5 Å². The average molecular weight is 240 g/mol. The molecule has 0 saturated carbocycles. The van der Waals surface area contributed by atoms with Crippen LogP contribution in [0.1, 0.15) is 11.1 Å². The van der Waals surface area contributed by atoms with Crippen molar-refractivity contribution in [2.45, 2.75) is 6.92 Å². The molecule has 2 aromatic rings. The Morgan fingerprint density at radius 2 is 2.00 bits per heavy atom. The van der Waals surface area contributed by atoms with Gasteiger partial charge in [0.15, 0.2) is 0 Å². The molecule has 0 saturated heterocycles. The van der Waals surface area contributed by atoms with Gasteiger partial charge in [0.05, 0.1) is 11.6 Å². The number of anilines is 3. The molecule has 6 heteroatoms. The van der Waals surface area contributed by atoms with E-state index in [4.69, 9.17) is 11.1 Å². The first-order valence-electron chi connectivity index (χ1n) is 5.30. The number of aryl methyl sites for hydroxylation is 1. The van der Waals surface area contributed by atoms with Gasteiger partial charge in [0, 0.05) is 17.4 Å². The van der Waals surface area contributed by atoms with Crippen LogP contribution in [0, 0.1) is 18.3 Å². The fourth-order valence-corrected chi connectivity index (χ4v) is 1.40. The van der Waals surface area contributed by atoms with Crippen molar-refractivity contribution in [3.63, 3.8) is 0 Å². The van der Waals surface area contributed by atoms with Gasteiger partial charge in [-0.25, -0.2) is 10.8 Å². The molecule has 0 fully saturated rings. The number of benzene rings is 1. The van der Waals surface area contributed by atoms with E-state index in [0.29, 0.717) is 17.3 Å². The number of nitrogen functional groups attached to an aromatic ring is 1. The second-order valence-corrected chi connectivity index (χ2v) is 3.68. The number of hydrazine groups is 1. The van der Waals surface area contributed by atoms with Crippen molar-refractivity contribution in [3.05, 3.63) is 41.6 Å². The number of nitrogens with zero attached hydrogens (tertiary/aromatic N) is 3.